The molecule has 1 saturated carbocycles. The molecule has 4 atom stereocenters. The van der Waals surface area contributed by atoms with Crippen molar-refractivity contribution in [3.8, 4) is 0 Å². The van der Waals surface area contributed by atoms with Crippen molar-refractivity contribution in [2.45, 2.75) is 19.8 Å². The van der Waals surface area contributed by atoms with Gasteiger partial charge in [-0.05, 0) is 24.2 Å². The molecular weight excluding hydrogens is 196 g/mol. The predicted octanol–water partition coefficient (Wildman–Crippen LogP) is 1.37. The quantitative estimate of drug-likeness (QED) is 0.690. The first-order valence-corrected chi connectivity index (χ1v) is 5.12. The van der Waals surface area contributed by atoms with E-state index >= 15 is 0 Å². The normalized spacial score (nSPS) is 42.1. The summed E-state index contributed by atoms with van der Waals surface area (Å²) in [6.45, 7) is 1.85. The Morgan fingerprint density at radius 1 is 1.40 bits per heavy atom. The van der Waals surface area contributed by atoms with Crippen LogP contribution in [0.2, 0.25) is 0 Å². The van der Waals surface area contributed by atoms with Crippen molar-refractivity contribution in [1.82, 2.24) is 0 Å². The summed E-state index contributed by atoms with van der Waals surface area (Å²) in [4.78, 5) is 22.2. The molecule has 0 spiro atoms. The molecule has 0 aromatic rings. The zero-order chi connectivity index (χ0) is 11.2. The molecule has 82 valence electrons. The molecule has 4 unspecified atom stereocenters. The van der Waals surface area contributed by atoms with Crippen molar-refractivity contribution in [3.63, 3.8) is 0 Å². The highest BCUT2D eigenvalue weighted by Crippen LogP contribution is 2.57. The number of fused-ring (bicyclic) bond motifs is 2. The monoisotopic (exact) mass is 210 g/mol. The standard InChI is InChI=1S/C11H14O4/c1-6-7-2-3-8(4-7)11(6,10(14)15)5-9(12)13/h2-3,6-8H,4-5H2,1H3,(H,12,13)(H,14,15). The van der Waals surface area contributed by atoms with E-state index < -0.39 is 17.4 Å². The van der Waals surface area contributed by atoms with Gasteiger partial charge in [-0.1, -0.05) is 19.1 Å². The number of hydrogen-bond donors (Lipinski definition) is 2. The second kappa shape index (κ2) is 3.08. The van der Waals surface area contributed by atoms with Crippen LogP contribution in [0.5, 0.6) is 0 Å². The van der Waals surface area contributed by atoms with Gasteiger partial charge >= 0.3 is 11.9 Å². The van der Waals surface area contributed by atoms with E-state index in [4.69, 9.17) is 5.11 Å². The van der Waals surface area contributed by atoms with E-state index in [1.807, 2.05) is 19.1 Å². The van der Waals surface area contributed by atoms with E-state index in [1.54, 1.807) is 0 Å². The van der Waals surface area contributed by atoms with Crippen LogP contribution in [-0.2, 0) is 9.59 Å². The Hall–Kier alpha value is -1.32. The first-order valence-electron chi connectivity index (χ1n) is 5.12. The molecule has 2 bridgehead atoms. The lowest BCUT2D eigenvalue weighted by atomic mass is 9.67. The van der Waals surface area contributed by atoms with Crippen LogP contribution in [0.3, 0.4) is 0 Å². The topological polar surface area (TPSA) is 74.6 Å². The van der Waals surface area contributed by atoms with Crippen LogP contribution in [0.1, 0.15) is 19.8 Å². The van der Waals surface area contributed by atoms with Gasteiger partial charge in [-0.25, -0.2) is 0 Å². The van der Waals surface area contributed by atoms with Crippen LogP contribution in [0.4, 0.5) is 0 Å². The van der Waals surface area contributed by atoms with Gasteiger partial charge < -0.3 is 10.2 Å². The predicted molar refractivity (Wildman–Crippen MR) is 52.2 cm³/mol. The summed E-state index contributed by atoms with van der Waals surface area (Å²) in [5.74, 6) is -1.93. The second-order valence-corrected chi connectivity index (χ2v) is 4.60. The Morgan fingerprint density at radius 3 is 2.47 bits per heavy atom. The van der Waals surface area contributed by atoms with E-state index in [-0.39, 0.29) is 24.2 Å². The molecule has 4 nitrogen and oxygen atoms in total. The Balaban J connectivity index is 2.39. The molecule has 0 aromatic heterocycles. The smallest absolute Gasteiger partial charge is 0.311 e. The van der Waals surface area contributed by atoms with E-state index in [9.17, 15) is 14.7 Å². The van der Waals surface area contributed by atoms with Gasteiger partial charge in [0, 0.05) is 0 Å². The highest BCUT2D eigenvalue weighted by Gasteiger charge is 2.59. The molecule has 0 radical (unpaired) electrons. The molecule has 2 rings (SSSR count). The van der Waals surface area contributed by atoms with Crippen LogP contribution in [-0.4, -0.2) is 22.2 Å². The SMILES string of the molecule is CC1C2C=CC(C2)C1(CC(=O)O)C(=O)O. The van der Waals surface area contributed by atoms with Crippen LogP contribution in [0.25, 0.3) is 0 Å². The summed E-state index contributed by atoms with van der Waals surface area (Å²) < 4.78 is 0. The molecule has 4 heteroatoms. The number of carboxylic acids is 2. The maximum Gasteiger partial charge on any atom is 0.311 e. The van der Waals surface area contributed by atoms with Gasteiger partial charge in [-0.15, -0.1) is 0 Å². The Bertz CT molecular complexity index is 346. The highest BCUT2D eigenvalue weighted by atomic mass is 16.4. The number of rotatable bonds is 3. The van der Waals surface area contributed by atoms with E-state index in [0.717, 1.165) is 6.42 Å². The third kappa shape index (κ3) is 1.20. The first-order chi connectivity index (χ1) is 6.98. The average molecular weight is 210 g/mol. The van der Waals surface area contributed by atoms with Gasteiger partial charge in [0.05, 0.1) is 11.8 Å². The van der Waals surface area contributed by atoms with Crippen LogP contribution in [0, 0.1) is 23.2 Å². The van der Waals surface area contributed by atoms with Crippen molar-refractivity contribution < 1.29 is 19.8 Å². The maximum absolute atomic E-state index is 11.4. The molecule has 15 heavy (non-hydrogen) atoms. The van der Waals surface area contributed by atoms with Crippen LogP contribution >= 0.6 is 0 Å². The molecule has 0 amide bonds. The molecule has 2 N–H and O–H groups in total. The number of hydrogen-bond acceptors (Lipinski definition) is 2. The van der Waals surface area contributed by atoms with Crippen molar-refractivity contribution in [1.29, 1.82) is 0 Å². The summed E-state index contributed by atoms with van der Waals surface area (Å²) >= 11 is 0. The van der Waals surface area contributed by atoms with Gasteiger partial charge in [0.25, 0.3) is 0 Å². The highest BCUT2D eigenvalue weighted by molar-refractivity contribution is 5.83. The molecule has 0 aromatic carbocycles. The number of carboxylic acid groups (broad SMARTS) is 2. The molecule has 0 heterocycles. The molecule has 0 aliphatic heterocycles. The third-order valence-electron chi connectivity index (χ3n) is 4.08. The second-order valence-electron chi connectivity index (χ2n) is 4.60. The summed E-state index contributed by atoms with van der Waals surface area (Å²) in [7, 11) is 0. The minimum Gasteiger partial charge on any atom is -0.481 e. The van der Waals surface area contributed by atoms with Gasteiger partial charge in [-0.3, -0.25) is 9.59 Å². The Kier molecular flexibility index (Phi) is 2.10. The minimum atomic E-state index is -1.08. The maximum atomic E-state index is 11.4. The molecular formula is C11H14O4. The summed E-state index contributed by atoms with van der Waals surface area (Å²) in [6.07, 6.45) is 4.43. The zero-order valence-corrected chi connectivity index (χ0v) is 8.51. The van der Waals surface area contributed by atoms with E-state index in [0.29, 0.717) is 0 Å². The third-order valence-corrected chi connectivity index (χ3v) is 4.08. The van der Waals surface area contributed by atoms with Crippen molar-refractivity contribution in [3.05, 3.63) is 12.2 Å². The van der Waals surface area contributed by atoms with Gasteiger partial charge in [-0.2, -0.15) is 0 Å². The molecule has 0 saturated heterocycles. The van der Waals surface area contributed by atoms with Gasteiger partial charge in [0.15, 0.2) is 0 Å². The Morgan fingerprint density at radius 2 is 2.07 bits per heavy atom. The van der Waals surface area contributed by atoms with Crippen LogP contribution in [0.15, 0.2) is 12.2 Å². The lowest BCUT2D eigenvalue weighted by molar-refractivity contribution is -0.160. The van der Waals surface area contributed by atoms with E-state index in [1.165, 1.54) is 0 Å². The fourth-order valence-corrected chi connectivity index (χ4v) is 3.17. The molecule has 2 aliphatic rings. The van der Waals surface area contributed by atoms with Crippen molar-refractivity contribution in [2.24, 2.45) is 23.2 Å². The van der Waals surface area contributed by atoms with Gasteiger partial charge in [0.1, 0.15) is 0 Å². The summed E-state index contributed by atoms with van der Waals surface area (Å²) in [5, 5.41) is 18.2. The summed E-state index contributed by atoms with van der Waals surface area (Å²) in [5.41, 5.74) is -1.08. The summed E-state index contributed by atoms with van der Waals surface area (Å²) in [6, 6.07) is 0. The first kappa shape index (κ1) is 10.2. The average Bonchev–Trinajstić information content (AvgIpc) is 2.67. The zero-order valence-electron chi connectivity index (χ0n) is 8.51. The van der Waals surface area contributed by atoms with Gasteiger partial charge in [0.2, 0.25) is 0 Å². The number of allylic oxidation sites excluding steroid dienone is 2. The van der Waals surface area contributed by atoms with Crippen molar-refractivity contribution in [2.75, 3.05) is 0 Å². The minimum absolute atomic E-state index is 0.0823. The van der Waals surface area contributed by atoms with E-state index in [2.05, 4.69) is 0 Å². The van der Waals surface area contributed by atoms with Crippen molar-refractivity contribution >= 4 is 11.9 Å². The van der Waals surface area contributed by atoms with Crippen LogP contribution < -0.4 is 0 Å². The lowest BCUT2D eigenvalue weighted by Gasteiger charge is -2.34. The largest absolute Gasteiger partial charge is 0.481 e. The Labute approximate surface area is 87.6 Å². The molecule has 2 aliphatic carbocycles. The number of carbonyl (C=O) groups is 2. The lowest BCUT2D eigenvalue weighted by Crippen LogP contribution is -2.42. The number of aliphatic carboxylic acids is 2. The molecule has 1 fully saturated rings. The fourth-order valence-electron chi connectivity index (χ4n) is 3.17. The fraction of sp³-hybridized carbons (Fsp3) is 0.636.